The van der Waals surface area contributed by atoms with Crippen molar-refractivity contribution >= 4 is 17.9 Å². The van der Waals surface area contributed by atoms with Crippen LogP contribution in [0.4, 0.5) is 0 Å². The highest BCUT2D eigenvalue weighted by atomic mass is 16.6. The van der Waals surface area contributed by atoms with Gasteiger partial charge in [0.05, 0.1) is 0 Å². The van der Waals surface area contributed by atoms with Gasteiger partial charge in [0, 0.05) is 19.3 Å². The third kappa shape index (κ3) is 40.6. The van der Waals surface area contributed by atoms with Crippen LogP contribution < -0.4 is 0 Å². The number of carbonyl (C=O) groups is 3. The van der Waals surface area contributed by atoms with E-state index in [1.807, 2.05) is 0 Å². The maximum absolute atomic E-state index is 12.7. The molecule has 0 aliphatic carbocycles. The Morgan fingerprint density at radius 3 is 1.15 bits per heavy atom. The molecular weight excluding hydrogens is 661 g/mol. The van der Waals surface area contributed by atoms with Crippen molar-refractivity contribution in [1.82, 2.24) is 0 Å². The quantitative estimate of drug-likeness (QED) is 0.0269. The van der Waals surface area contributed by atoms with E-state index < -0.39 is 6.10 Å². The van der Waals surface area contributed by atoms with Crippen LogP contribution in [0.5, 0.6) is 0 Å². The third-order valence-electron chi connectivity index (χ3n) is 9.66. The summed E-state index contributed by atoms with van der Waals surface area (Å²) in [4.78, 5) is 37.6. The number of rotatable bonds is 40. The van der Waals surface area contributed by atoms with Crippen LogP contribution in [0.2, 0.25) is 0 Å². The van der Waals surface area contributed by atoms with E-state index in [2.05, 4.69) is 57.2 Å². The SMILES string of the molecule is CC/C=C\C/C=C\C/C=C\CCCCC(=O)OC(COC(=O)CCCCCCCCCCC)COC(=O)CCCCCCCCCCCCCCCC. The molecule has 0 amide bonds. The number of hydrogen-bond donors (Lipinski definition) is 0. The molecule has 0 aromatic rings. The van der Waals surface area contributed by atoms with Crippen LogP contribution >= 0.6 is 0 Å². The summed E-state index contributed by atoms with van der Waals surface area (Å²) in [6.07, 6.45) is 47.0. The highest BCUT2D eigenvalue weighted by molar-refractivity contribution is 5.71. The van der Waals surface area contributed by atoms with Gasteiger partial charge in [0.2, 0.25) is 0 Å². The molecule has 0 aromatic heterocycles. The predicted molar refractivity (Wildman–Crippen MR) is 224 cm³/mol. The van der Waals surface area contributed by atoms with Crippen LogP contribution in [0.25, 0.3) is 0 Å². The van der Waals surface area contributed by atoms with Crippen molar-refractivity contribution in [3.05, 3.63) is 36.5 Å². The largest absolute Gasteiger partial charge is 0.462 e. The lowest BCUT2D eigenvalue weighted by Crippen LogP contribution is -2.30. The summed E-state index contributed by atoms with van der Waals surface area (Å²) in [5, 5.41) is 0. The zero-order chi connectivity index (χ0) is 38.7. The van der Waals surface area contributed by atoms with Crippen LogP contribution in [-0.4, -0.2) is 37.2 Å². The average Bonchev–Trinajstić information content (AvgIpc) is 3.15. The molecule has 0 saturated carbocycles. The first kappa shape index (κ1) is 50.6. The Kier molecular flexibility index (Phi) is 40.5. The monoisotopic (exact) mass is 745 g/mol. The molecule has 0 bridgehead atoms. The van der Waals surface area contributed by atoms with Gasteiger partial charge in [0.1, 0.15) is 13.2 Å². The van der Waals surface area contributed by atoms with E-state index in [1.54, 1.807) is 0 Å². The Hall–Kier alpha value is -2.37. The number of allylic oxidation sites excluding steroid dienone is 6. The van der Waals surface area contributed by atoms with Crippen molar-refractivity contribution < 1.29 is 28.6 Å². The zero-order valence-corrected chi connectivity index (χ0v) is 35.0. The zero-order valence-electron chi connectivity index (χ0n) is 35.0. The normalized spacial score (nSPS) is 12.3. The highest BCUT2D eigenvalue weighted by Gasteiger charge is 2.19. The number of esters is 3. The minimum atomic E-state index is -0.784. The smallest absolute Gasteiger partial charge is 0.306 e. The molecule has 0 saturated heterocycles. The van der Waals surface area contributed by atoms with Crippen molar-refractivity contribution in [1.29, 1.82) is 0 Å². The Balaban J connectivity index is 4.38. The molecule has 0 N–H and O–H groups in total. The number of unbranched alkanes of at least 4 members (excludes halogenated alkanes) is 23. The maximum atomic E-state index is 12.7. The number of hydrogen-bond acceptors (Lipinski definition) is 6. The Morgan fingerprint density at radius 2 is 0.736 bits per heavy atom. The van der Waals surface area contributed by atoms with Crippen molar-refractivity contribution in [2.24, 2.45) is 0 Å². The fraction of sp³-hybridized carbons (Fsp3) is 0.809. The molecule has 1 unspecified atom stereocenters. The van der Waals surface area contributed by atoms with Gasteiger partial charge in [0.25, 0.3) is 0 Å². The minimum Gasteiger partial charge on any atom is -0.462 e. The van der Waals surface area contributed by atoms with Gasteiger partial charge >= 0.3 is 17.9 Å². The second kappa shape index (κ2) is 42.4. The maximum Gasteiger partial charge on any atom is 0.306 e. The van der Waals surface area contributed by atoms with Gasteiger partial charge in [-0.05, 0) is 51.4 Å². The molecule has 0 heterocycles. The molecular formula is C47H84O6. The number of ether oxygens (including phenoxy) is 3. The summed E-state index contributed by atoms with van der Waals surface area (Å²) in [6, 6.07) is 0. The lowest BCUT2D eigenvalue weighted by atomic mass is 10.0. The van der Waals surface area contributed by atoms with E-state index in [0.717, 1.165) is 70.6 Å². The molecule has 53 heavy (non-hydrogen) atoms. The first-order valence-corrected chi connectivity index (χ1v) is 22.5. The molecule has 0 aromatic carbocycles. The minimum absolute atomic E-state index is 0.0843. The topological polar surface area (TPSA) is 78.9 Å². The fourth-order valence-corrected chi connectivity index (χ4v) is 6.28. The molecule has 0 aliphatic rings. The Morgan fingerprint density at radius 1 is 0.396 bits per heavy atom. The molecule has 0 aliphatic heterocycles. The lowest BCUT2D eigenvalue weighted by Gasteiger charge is -2.18. The van der Waals surface area contributed by atoms with Gasteiger partial charge in [0.15, 0.2) is 6.10 Å². The van der Waals surface area contributed by atoms with Crippen LogP contribution in [0.3, 0.4) is 0 Å². The van der Waals surface area contributed by atoms with Gasteiger partial charge in [-0.1, -0.05) is 192 Å². The lowest BCUT2D eigenvalue weighted by molar-refractivity contribution is -0.167. The predicted octanol–water partition coefficient (Wildman–Crippen LogP) is 14.2. The van der Waals surface area contributed by atoms with Crippen molar-refractivity contribution in [2.45, 2.75) is 232 Å². The van der Waals surface area contributed by atoms with E-state index in [-0.39, 0.29) is 37.5 Å². The average molecular weight is 745 g/mol. The van der Waals surface area contributed by atoms with Gasteiger partial charge in [-0.2, -0.15) is 0 Å². The first-order valence-electron chi connectivity index (χ1n) is 22.5. The van der Waals surface area contributed by atoms with Crippen molar-refractivity contribution in [2.75, 3.05) is 13.2 Å². The molecule has 6 nitrogen and oxygen atoms in total. The number of carbonyl (C=O) groups excluding carboxylic acids is 3. The van der Waals surface area contributed by atoms with E-state index in [1.165, 1.54) is 109 Å². The summed E-state index contributed by atoms with van der Waals surface area (Å²) in [6.45, 7) is 6.46. The van der Waals surface area contributed by atoms with E-state index in [9.17, 15) is 14.4 Å². The fourth-order valence-electron chi connectivity index (χ4n) is 6.28. The second-order valence-corrected chi connectivity index (χ2v) is 14.9. The van der Waals surface area contributed by atoms with Crippen molar-refractivity contribution in [3.63, 3.8) is 0 Å². The summed E-state index contributed by atoms with van der Waals surface area (Å²) in [5.74, 6) is -0.924. The standard InChI is InChI=1S/C47H84O6/c1-4-7-10-13-16-19-21-23-24-26-28-31-34-37-40-46(49)52-43-44(42-51-45(48)39-36-33-30-27-18-15-12-9-6-3)53-47(50)41-38-35-32-29-25-22-20-17-14-11-8-5-2/h8,11,17,20,25,29,44H,4-7,9-10,12-16,18-19,21-24,26-28,30-43H2,1-3H3/b11-8-,20-17-,29-25-. The summed E-state index contributed by atoms with van der Waals surface area (Å²) in [7, 11) is 0. The molecule has 0 radical (unpaired) electrons. The van der Waals surface area contributed by atoms with Crippen LogP contribution in [0.15, 0.2) is 36.5 Å². The summed E-state index contributed by atoms with van der Waals surface area (Å²) >= 11 is 0. The van der Waals surface area contributed by atoms with Crippen molar-refractivity contribution in [3.8, 4) is 0 Å². The van der Waals surface area contributed by atoms with Gasteiger partial charge in [-0.3, -0.25) is 14.4 Å². The highest BCUT2D eigenvalue weighted by Crippen LogP contribution is 2.15. The van der Waals surface area contributed by atoms with Gasteiger partial charge < -0.3 is 14.2 Å². The van der Waals surface area contributed by atoms with Crippen LogP contribution in [-0.2, 0) is 28.6 Å². The first-order chi connectivity index (χ1) is 26.0. The molecule has 0 rings (SSSR count). The van der Waals surface area contributed by atoms with E-state index in [0.29, 0.717) is 19.3 Å². The summed E-state index contributed by atoms with van der Waals surface area (Å²) in [5.41, 5.74) is 0. The van der Waals surface area contributed by atoms with E-state index in [4.69, 9.17) is 14.2 Å². The summed E-state index contributed by atoms with van der Waals surface area (Å²) < 4.78 is 16.6. The molecule has 1 atom stereocenters. The van der Waals surface area contributed by atoms with Gasteiger partial charge in [-0.25, -0.2) is 0 Å². The van der Waals surface area contributed by atoms with Crippen LogP contribution in [0, 0.1) is 0 Å². The second-order valence-electron chi connectivity index (χ2n) is 14.9. The molecule has 0 fully saturated rings. The molecule has 308 valence electrons. The molecule has 0 spiro atoms. The van der Waals surface area contributed by atoms with E-state index >= 15 is 0 Å². The Bertz CT molecular complexity index is 907. The van der Waals surface area contributed by atoms with Gasteiger partial charge in [-0.15, -0.1) is 0 Å². The molecule has 6 heteroatoms. The Labute approximate surface area is 327 Å². The van der Waals surface area contributed by atoms with Crippen LogP contribution in [0.1, 0.15) is 226 Å². The third-order valence-corrected chi connectivity index (χ3v) is 9.66.